The van der Waals surface area contributed by atoms with Crippen LogP contribution in [0.25, 0.3) is 0 Å². The molecule has 0 radical (unpaired) electrons. The van der Waals surface area contributed by atoms with Gasteiger partial charge >= 0.3 is 12.2 Å². The van der Waals surface area contributed by atoms with Crippen LogP contribution in [0.4, 0.5) is 15.4 Å². The molecule has 182 valence electrons. The fraction of sp³-hybridized carbons (Fsp3) is 0.682. The molecule has 3 fully saturated rings. The van der Waals surface area contributed by atoms with E-state index in [-0.39, 0.29) is 16.4 Å². The Morgan fingerprint density at radius 2 is 1.85 bits per heavy atom. The summed E-state index contributed by atoms with van der Waals surface area (Å²) in [6.07, 6.45) is 3.72. The number of anilines is 1. The first kappa shape index (κ1) is 23.7. The molecule has 1 spiro atoms. The van der Waals surface area contributed by atoms with E-state index in [1.54, 1.807) is 15.3 Å². The maximum absolute atomic E-state index is 13.3. The molecule has 1 aromatic rings. The highest BCUT2D eigenvalue weighted by molar-refractivity contribution is 7.89. The van der Waals surface area contributed by atoms with E-state index in [9.17, 15) is 18.0 Å². The van der Waals surface area contributed by atoms with E-state index in [1.807, 2.05) is 20.8 Å². The van der Waals surface area contributed by atoms with Crippen molar-refractivity contribution >= 4 is 28.0 Å². The Morgan fingerprint density at radius 1 is 1.12 bits per heavy atom. The quantitative estimate of drug-likeness (QED) is 0.654. The number of carbonyl (C=O) groups excluding carboxylic acids is 2. The zero-order valence-electron chi connectivity index (χ0n) is 19.4. The first-order chi connectivity index (χ1) is 15.5. The second-order valence-electron chi connectivity index (χ2n) is 10.0. The summed E-state index contributed by atoms with van der Waals surface area (Å²) in [6, 6.07) is 3.04. The first-order valence-electron chi connectivity index (χ1n) is 11.4. The van der Waals surface area contributed by atoms with Crippen molar-refractivity contribution in [3.63, 3.8) is 0 Å². The number of rotatable bonds is 3. The lowest BCUT2D eigenvalue weighted by molar-refractivity contribution is 0.00173. The van der Waals surface area contributed by atoms with Crippen molar-refractivity contribution in [2.45, 2.75) is 57.0 Å². The van der Waals surface area contributed by atoms with Crippen molar-refractivity contribution in [1.82, 2.24) is 14.2 Å². The monoisotopic (exact) mass is 480 g/mol. The van der Waals surface area contributed by atoms with Crippen LogP contribution in [0.5, 0.6) is 0 Å². The van der Waals surface area contributed by atoms with Gasteiger partial charge in [0.15, 0.2) is 0 Å². The number of nitrogens with zero attached hydrogens (tertiary/aromatic N) is 4. The molecule has 11 heteroatoms. The molecule has 3 saturated heterocycles. The molecule has 1 aromatic heterocycles. The molecule has 3 aliphatic rings. The van der Waals surface area contributed by atoms with Gasteiger partial charge in [-0.15, -0.1) is 0 Å². The van der Waals surface area contributed by atoms with E-state index in [2.05, 4.69) is 4.98 Å². The number of aromatic nitrogens is 1. The number of hydrogen-bond donors (Lipinski definition) is 0. The molecule has 0 atom stereocenters. The van der Waals surface area contributed by atoms with Gasteiger partial charge in [-0.2, -0.15) is 4.31 Å². The van der Waals surface area contributed by atoms with Gasteiger partial charge in [-0.05, 0) is 64.0 Å². The van der Waals surface area contributed by atoms with E-state index in [4.69, 9.17) is 9.47 Å². The lowest BCUT2D eigenvalue weighted by atomic mass is 9.73. The van der Waals surface area contributed by atoms with E-state index < -0.39 is 21.7 Å². The van der Waals surface area contributed by atoms with Gasteiger partial charge in [-0.1, -0.05) is 0 Å². The molecule has 0 unspecified atom stereocenters. The lowest BCUT2D eigenvalue weighted by Gasteiger charge is -2.47. The van der Waals surface area contributed by atoms with Gasteiger partial charge in [0.25, 0.3) is 0 Å². The number of cyclic esters (lactones) is 1. The summed E-state index contributed by atoms with van der Waals surface area (Å²) >= 11 is 0. The highest BCUT2D eigenvalue weighted by Gasteiger charge is 2.43. The van der Waals surface area contributed by atoms with Crippen molar-refractivity contribution < 1.29 is 27.5 Å². The standard InChI is InChI=1S/C22H32N4O6S/c1-21(2,3)32-19(27)24-11-8-22(9-12-24)7-4-10-25(16-22)33(29,30)17-5-6-18(23-15-17)26-13-14-31-20(26)28/h5-6,15H,4,7-14,16H2,1-3H3. The van der Waals surface area contributed by atoms with Crippen LogP contribution in [0, 0.1) is 5.41 Å². The summed E-state index contributed by atoms with van der Waals surface area (Å²) in [6.45, 7) is 8.23. The predicted octanol–water partition coefficient (Wildman–Crippen LogP) is 2.84. The van der Waals surface area contributed by atoms with Gasteiger partial charge in [0.05, 0.1) is 6.54 Å². The van der Waals surface area contributed by atoms with E-state index >= 15 is 0 Å². The van der Waals surface area contributed by atoms with Gasteiger partial charge in [0, 0.05) is 32.4 Å². The normalized spacial score (nSPS) is 21.8. The molecule has 0 aromatic carbocycles. The fourth-order valence-corrected chi connectivity index (χ4v) is 6.24. The maximum Gasteiger partial charge on any atom is 0.415 e. The van der Waals surface area contributed by atoms with Crippen molar-refractivity contribution in [2.24, 2.45) is 5.41 Å². The summed E-state index contributed by atoms with van der Waals surface area (Å²) < 4.78 is 38.6. The van der Waals surface area contributed by atoms with Gasteiger partial charge in [0.1, 0.15) is 22.9 Å². The molecular weight excluding hydrogens is 448 g/mol. The zero-order chi connectivity index (χ0) is 23.9. The Morgan fingerprint density at radius 3 is 2.42 bits per heavy atom. The molecule has 0 N–H and O–H groups in total. The van der Waals surface area contributed by atoms with Gasteiger partial charge in [0.2, 0.25) is 10.0 Å². The summed E-state index contributed by atoms with van der Waals surface area (Å²) in [5.41, 5.74) is -0.683. The number of carbonyl (C=O) groups is 2. The Hall–Kier alpha value is -2.40. The van der Waals surface area contributed by atoms with Crippen LogP contribution in [-0.4, -0.2) is 79.7 Å². The highest BCUT2D eigenvalue weighted by atomic mass is 32.2. The third-order valence-electron chi connectivity index (χ3n) is 6.50. The number of likely N-dealkylation sites (tertiary alicyclic amines) is 1. The third-order valence-corrected chi connectivity index (χ3v) is 8.33. The Bertz CT molecular complexity index is 997. The molecule has 10 nitrogen and oxygen atoms in total. The van der Waals surface area contributed by atoms with Gasteiger partial charge < -0.3 is 14.4 Å². The molecule has 0 aliphatic carbocycles. The average Bonchev–Trinajstić information content (AvgIpc) is 3.19. The number of sulfonamides is 1. The predicted molar refractivity (Wildman–Crippen MR) is 120 cm³/mol. The van der Waals surface area contributed by atoms with Crippen LogP contribution >= 0.6 is 0 Å². The van der Waals surface area contributed by atoms with Crippen molar-refractivity contribution in [3.8, 4) is 0 Å². The summed E-state index contributed by atoms with van der Waals surface area (Å²) in [5, 5.41) is 0. The minimum atomic E-state index is -3.71. The van der Waals surface area contributed by atoms with Crippen molar-refractivity contribution in [1.29, 1.82) is 0 Å². The second kappa shape index (κ2) is 8.75. The zero-order valence-corrected chi connectivity index (χ0v) is 20.3. The van der Waals surface area contributed by atoms with Crippen molar-refractivity contribution in [2.75, 3.05) is 44.2 Å². The first-order valence-corrected chi connectivity index (χ1v) is 12.8. The number of amides is 2. The van der Waals surface area contributed by atoms with E-state index in [0.717, 1.165) is 25.7 Å². The molecule has 4 rings (SSSR count). The molecule has 4 heterocycles. The van der Waals surface area contributed by atoms with Crippen LogP contribution < -0.4 is 4.90 Å². The number of hydrogen-bond acceptors (Lipinski definition) is 7. The molecule has 3 aliphatic heterocycles. The molecular formula is C22H32N4O6S. The smallest absolute Gasteiger partial charge is 0.415 e. The summed E-state index contributed by atoms with van der Waals surface area (Å²) in [7, 11) is -3.71. The SMILES string of the molecule is CC(C)(C)OC(=O)N1CCC2(CCCN(S(=O)(=O)c3ccc(N4CCOC4=O)nc3)C2)CC1. The highest BCUT2D eigenvalue weighted by Crippen LogP contribution is 2.41. The van der Waals surface area contributed by atoms with Gasteiger partial charge in [-0.3, -0.25) is 4.90 Å². The number of pyridine rings is 1. The van der Waals surface area contributed by atoms with Gasteiger partial charge in [-0.25, -0.2) is 23.0 Å². The topological polar surface area (TPSA) is 109 Å². The minimum absolute atomic E-state index is 0.113. The molecule has 0 saturated carbocycles. The maximum atomic E-state index is 13.3. The van der Waals surface area contributed by atoms with Crippen LogP contribution in [0.2, 0.25) is 0 Å². The average molecular weight is 481 g/mol. The van der Waals surface area contributed by atoms with Crippen molar-refractivity contribution in [3.05, 3.63) is 18.3 Å². The summed E-state index contributed by atoms with van der Waals surface area (Å²) in [4.78, 5) is 31.5. The fourth-order valence-electron chi connectivity index (χ4n) is 4.70. The van der Waals surface area contributed by atoms with E-state index in [0.29, 0.717) is 45.1 Å². The van der Waals surface area contributed by atoms with Crippen LogP contribution in [0.15, 0.2) is 23.2 Å². The Balaban J connectivity index is 1.42. The minimum Gasteiger partial charge on any atom is -0.447 e. The Labute approximate surface area is 194 Å². The molecule has 2 amide bonds. The largest absolute Gasteiger partial charge is 0.447 e. The van der Waals surface area contributed by atoms with Crippen LogP contribution in [0.3, 0.4) is 0 Å². The number of piperidine rings is 2. The number of ether oxygens (including phenoxy) is 2. The summed E-state index contributed by atoms with van der Waals surface area (Å²) in [5.74, 6) is 0.376. The van der Waals surface area contributed by atoms with E-state index in [1.165, 1.54) is 17.2 Å². The molecule has 0 bridgehead atoms. The lowest BCUT2D eigenvalue weighted by Crippen LogP contribution is -2.52. The van der Waals surface area contributed by atoms with Crippen LogP contribution in [-0.2, 0) is 19.5 Å². The third kappa shape index (κ3) is 5.08. The Kier molecular flexibility index (Phi) is 6.30. The second-order valence-corrected chi connectivity index (χ2v) is 12.0. The van der Waals surface area contributed by atoms with Crippen LogP contribution in [0.1, 0.15) is 46.5 Å². The molecule has 33 heavy (non-hydrogen) atoms.